The molecule has 14 heavy (non-hydrogen) atoms. The normalized spacial score (nSPS) is 31.4. The zero-order valence-electron chi connectivity index (χ0n) is 8.56. The molecule has 3 heteroatoms. The highest BCUT2D eigenvalue weighted by Crippen LogP contribution is 2.25. The molecular weight excluding hydrogens is 180 g/mol. The number of hydrogen-bond donors (Lipinski definition) is 1. The summed E-state index contributed by atoms with van der Waals surface area (Å²) in [5.41, 5.74) is 1.06. The molecule has 0 aliphatic heterocycles. The minimum absolute atomic E-state index is 0.465. The molecule has 1 aliphatic carbocycles. The average molecular weight is 196 g/mol. The average Bonchev–Trinajstić information content (AvgIpc) is 2.21. The van der Waals surface area contributed by atoms with Crippen molar-refractivity contribution in [1.29, 1.82) is 0 Å². The van der Waals surface area contributed by atoms with Crippen molar-refractivity contribution in [3.05, 3.63) is 36.5 Å². The molecule has 0 bridgehead atoms. The van der Waals surface area contributed by atoms with E-state index in [4.69, 9.17) is 9.47 Å². The lowest BCUT2D eigenvalue weighted by Crippen LogP contribution is -2.43. The fourth-order valence-corrected chi connectivity index (χ4v) is 1.41. The van der Waals surface area contributed by atoms with Gasteiger partial charge in [0.25, 0.3) is 0 Å². The van der Waals surface area contributed by atoms with Crippen molar-refractivity contribution < 1.29 is 14.6 Å². The molecule has 0 heterocycles. The third kappa shape index (κ3) is 2.12. The van der Waals surface area contributed by atoms with Crippen LogP contribution in [0.2, 0.25) is 0 Å². The van der Waals surface area contributed by atoms with Crippen LogP contribution in [0.5, 0.6) is 0 Å². The molecule has 0 fully saturated rings. The Kier molecular flexibility index (Phi) is 3.63. The molecule has 0 aromatic heterocycles. The predicted molar refractivity (Wildman–Crippen MR) is 54.8 cm³/mol. The molecule has 0 saturated heterocycles. The van der Waals surface area contributed by atoms with E-state index in [2.05, 4.69) is 6.58 Å². The molecule has 1 rings (SSSR count). The van der Waals surface area contributed by atoms with Gasteiger partial charge in [0.2, 0.25) is 5.79 Å². The second-order valence-electron chi connectivity index (χ2n) is 3.18. The van der Waals surface area contributed by atoms with E-state index in [0.717, 1.165) is 12.0 Å². The van der Waals surface area contributed by atoms with Crippen LogP contribution < -0.4 is 0 Å². The first kappa shape index (κ1) is 11.2. The zero-order chi connectivity index (χ0) is 10.6. The molecule has 1 aliphatic rings. The summed E-state index contributed by atoms with van der Waals surface area (Å²) in [6, 6.07) is 0. The fourth-order valence-electron chi connectivity index (χ4n) is 1.41. The summed E-state index contributed by atoms with van der Waals surface area (Å²) in [6.07, 6.45) is 7.36. The predicted octanol–water partition coefficient (Wildman–Crippen LogP) is 1.41. The van der Waals surface area contributed by atoms with Crippen LogP contribution in [0.1, 0.15) is 6.42 Å². The van der Waals surface area contributed by atoms with E-state index < -0.39 is 11.9 Å². The zero-order valence-corrected chi connectivity index (χ0v) is 8.56. The summed E-state index contributed by atoms with van der Waals surface area (Å²) in [7, 11) is 2.98. The monoisotopic (exact) mass is 196 g/mol. The topological polar surface area (TPSA) is 38.7 Å². The molecule has 0 amide bonds. The Bertz CT molecular complexity index is 268. The maximum absolute atomic E-state index is 9.92. The van der Waals surface area contributed by atoms with Gasteiger partial charge in [0.05, 0.1) is 0 Å². The third-order valence-corrected chi connectivity index (χ3v) is 2.27. The highest BCUT2D eigenvalue weighted by molar-refractivity contribution is 5.30. The van der Waals surface area contributed by atoms with Gasteiger partial charge in [-0.05, 0) is 24.1 Å². The van der Waals surface area contributed by atoms with Gasteiger partial charge in [-0.15, -0.1) is 6.58 Å². The van der Waals surface area contributed by atoms with E-state index >= 15 is 0 Å². The summed E-state index contributed by atoms with van der Waals surface area (Å²) in [4.78, 5) is 0. The maximum Gasteiger partial charge on any atom is 0.216 e. The van der Waals surface area contributed by atoms with Crippen molar-refractivity contribution in [3.8, 4) is 0 Å². The van der Waals surface area contributed by atoms with E-state index in [-0.39, 0.29) is 0 Å². The van der Waals surface area contributed by atoms with Gasteiger partial charge in [0.1, 0.15) is 6.10 Å². The second-order valence-corrected chi connectivity index (χ2v) is 3.18. The highest BCUT2D eigenvalue weighted by atomic mass is 16.6. The summed E-state index contributed by atoms with van der Waals surface area (Å²) >= 11 is 0. The molecule has 0 aromatic carbocycles. The standard InChI is InChI=1S/C11H16O3/c1-4-5-9-6-7-11(12,14-3)10(8-9)13-2/h4,6-8,10,12H,1,5H2,2-3H3. The summed E-state index contributed by atoms with van der Waals surface area (Å²) in [5.74, 6) is -1.35. The molecule has 3 nitrogen and oxygen atoms in total. The number of hydrogen-bond acceptors (Lipinski definition) is 3. The molecule has 0 aromatic rings. The lowest BCUT2D eigenvalue weighted by Gasteiger charge is -2.32. The van der Waals surface area contributed by atoms with Crippen molar-refractivity contribution >= 4 is 0 Å². The fraction of sp³-hybridized carbons (Fsp3) is 0.455. The van der Waals surface area contributed by atoms with Crippen molar-refractivity contribution in [1.82, 2.24) is 0 Å². The van der Waals surface area contributed by atoms with Crippen molar-refractivity contribution in [2.45, 2.75) is 18.3 Å². The second kappa shape index (κ2) is 4.55. The Labute approximate surface area is 84.3 Å². The Balaban J connectivity index is 2.84. The van der Waals surface area contributed by atoms with Crippen LogP contribution in [0.4, 0.5) is 0 Å². The largest absolute Gasteiger partial charge is 0.371 e. The van der Waals surface area contributed by atoms with Crippen LogP contribution in [0, 0.1) is 0 Å². The van der Waals surface area contributed by atoms with Crippen LogP contribution in [0.3, 0.4) is 0 Å². The first-order valence-corrected chi connectivity index (χ1v) is 4.47. The van der Waals surface area contributed by atoms with E-state index in [1.54, 1.807) is 12.2 Å². The molecule has 0 radical (unpaired) electrons. The number of allylic oxidation sites excluding steroid dienone is 3. The van der Waals surface area contributed by atoms with Gasteiger partial charge in [0, 0.05) is 14.2 Å². The quantitative estimate of drug-likeness (QED) is 0.545. The van der Waals surface area contributed by atoms with Gasteiger partial charge in [-0.1, -0.05) is 12.2 Å². The SMILES string of the molecule is C=CCC1=CC(OC)C(O)(OC)C=C1. The Morgan fingerprint density at radius 1 is 1.64 bits per heavy atom. The molecule has 1 N–H and O–H groups in total. The molecule has 0 spiro atoms. The van der Waals surface area contributed by atoms with Gasteiger partial charge in [-0.25, -0.2) is 0 Å². The van der Waals surface area contributed by atoms with Crippen molar-refractivity contribution in [2.75, 3.05) is 14.2 Å². The number of rotatable bonds is 4. The van der Waals surface area contributed by atoms with Crippen molar-refractivity contribution in [2.24, 2.45) is 0 Å². The highest BCUT2D eigenvalue weighted by Gasteiger charge is 2.35. The number of ether oxygens (including phenoxy) is 2. The lowest BCUT2D eigenvalue weighted by atomic mass is 9.97. The minimum atomic E-state index is -1.35. The van der Waals surface area contributed by atoms with Crippen LogP contribution in [-0.4, -0.2) is 31.2 Å². The molecular formula is C11H16O3. The van der Waals surface area contributed by atoms with Crippen LogP contribution in [0.25, 0.3) is 0 Å². The number of aliphatic hydroxyl groups is 1. The number of methoxy groups -OCH3 is 2. The van der Waals surface area contributed by atoms with Gasteiger partial charge in [0.15, 0.2) is 0 Å². The van der Waals surface area contributed by atoms with Crippen LogP contribution in [-0.2, 0) is 9.47 Å². The first-order chi connectivity index (χ1) is 6.66. The van der Waals surface area contributed by atoms with E-state index in [0.29, 0.717) is 0 Å². The Hall–Kier alpha value is -0.900. The van der Waals surface area contributed by atoms with Crippen LogP contribution in [0.15, 0.2) is 36.5 Å². The Morgan fingerprint density at radius 3 is 2.86 bits per heavy atom. The Morgan fingerprint density at radius 2 is 2.36 bits per heavy atom. The molecule has 2 atom stereocenters. The van der Waals surface area contributed by atoms with Crippen molar-refractivity contribution in [3.63, 3.8) is 0 Å². The van der Waals surface area contributed by atoms with E-state index in [9.17, 15) is 5.11 Å². The summed E-state index contributed by atoms with van der Waals surface area (Å²) in [5, 5.41) is 9.92. The summed E-state index contributed by atoms with van der Waals surface area (Å²) in [6.45, 7) is 3.65. The summed E-state index contributed by atoms with van der Waals surface area (Å²) < 4.78 is 10.1. The maximum atomic E-state index is 9.92. The van der Waals surface area contributed by atoms with Gasteiger partial charge >= 0.3 is 0 Å². The molecule has 0 saturated carbocycles. The van der Waals surface area contributed by atoms with Gasteiger partial charge in [-0.3, -0.25) is 0 Å². The third-order valence-electron chi connectivity index (χ3n) is 2.27. The van der Waals surface area contributed by atoms with Crippen LogP contribution >= 0.6 is 0 Å². The van der Waals surface area contributed by atoms with E-state index in [1.165, 1.54) is 14.2 Å². The van der Waals surface area contributed by atoms with Gasteiger partial charge < -0.3 is 14.6 Å². The molecule has 78 valence electrons. The molecule has 2 unspecified atom stereocenters. The smallest absolute Gasteiger partial charge is 0.216 e. The van der Waals surface area contributed by atoms with Gasteiger partial charge in [-0.2, -0.15) is 0 Å². The lowest BCUT2D eigenvalue weighted by molar-refractivity contribution is -0.203. The van der Waals surface area contributed by atoms with E-state index in [1.807, 2.05) is 12.2 Å². The first-order valence-electron chi connectivity index (χ1n) is 4.47. The minimum Gasteiger partial charge on any atom is -0.371 e.